The maximum absolute atomic E-state index is 4.53. The Morgan fingerprint density at radius 3 is 3.20 bits per heavy atom. The number of hydrogen-bond donors (Lipinski definition) is 1. The molecule has 2 heterocycles. The summed E-state index contributed by atoms with van der Waals surface area (Å²) in [6, 6.07) is 0.708. The lowest BCUT2D eigenvalue weighted by molar-refractivity contribution is 0.242. The molecule has 1 aliphatic rings. The van der Waals surface area contributed by atoms with Crippen LogP contribution in [-0.2, 0) is 6.54 Å². The molecule has 1 fully saturated rings. The predicted molar refractivity (Wildman–Crippen MR) is 64.2 cm³/mol. The Balaban J connectivity index is 1.93. The molecule has 0 amide bonds. The normalized spacial score (nSPS) is 22.4. The minimum Gasteiger partial charge on any atom is -0.318 e. The monoisotopic (exact) mass is 225 g/mol. The van der Waals surface area contributed by atoms with Crippen LogP contribution in [-0.4, -0.2) is 36.1 Å². The first-order valence-electron chi connectivity index (χ1n) is 5.59. The summed E-state index contributed by atoms with van der Waals surface area (Å²) in [5.41, 5.74) is 1.15. The summed E-state index contributed by atoms with van der Waals surface area (Å²) in [6.45, 7) is 5.43. The fraction of sp³-hybridized carbons (Fsp3) is 0.727. The van der Waals surface area contributed by atoms with Gasteiger partial charge in [-0.15, -0.1) is 11.3 Å². The van der Waals surface area contributed by atoms with Gasteiger partial charge in [0.15, 0.2) is 0 Å². The van der Waals surface area contributed by atoms with Crippen LogP contribution >= 0.6 is 11.3 Å². The van der Waals surface area contributed by atoms with Crippen LogP contribution in [0.1, 0.15) is 23.5 Å². The minimum absolute atomic E-state index is 0.708. The van der Waals surface area contributed by atoms with Gasteiger partial charge in [-0.1, -0.05) is 0 Å². The quantitative estimate of drug-likeness (QED) is 0.844. The van der Waals surface area contributed by atoms with Crippen LogP contribution in [0, 0.1) is 6.92 Å². The molecule has 1 atom stereocenters. The van der Waals surface area contributed by atoms with Crippen LogP contribution in [0.3, 0.4) is 0 Å². The van der Waals surface area contributed by atoms with Crippen LogP contribution in [0.25, 0.3) is 0 Å². The van der Waals surface area contributed by atoms with Crippen molar-refractivity contribution in [3.05, 3.63) is 16.1 Å². The minimum atomic E-state index is 0.708. The topological polar surface area (TPSA) is 28.2 Å². The number of nitrogens with one attached hydrogen (secondary N) is 1. The zero-order valence-electron chi connectivity index (χ0n) is 9.49. The molecule has 4 heteroatoms. The Bertz CT molecular complexity index is 311. The molecule has 3 nitrogen and oxygen atoms in total. The van der Waals surface area contributed by atoms with Crippen molar-refractivity contribution in [2.75, 3.05) is 20.1 Å². The van der Waals surface area contributed by atoms with E-state index in [4.69, 9.17) is 0 Å². The fourth-order valence-corrected chi connectivity index (χ4v) is 3.02. The highest BCUT2D eigenvalue weighted by molar-refractivity contribution is 7.09. The van der Waals surface area contributed by atoms with Gasteiger partial charge in [0.25, 0.3) is 0 Å². The molecule has 1 aromatic heterocycles. The fourth-order valence-electron chi connectivity index (χ4n) is 2.22. The van der Waals surface area contributed by atoms with Crippen molar-refractivity contribution >= 4 is 11.3 Å². The van der Waals surface area contributed by atoms with Crippen LogP contribution in [0.15, 0.2) is 5.38 Å². The summed E-state index contributed by atoms with van der Waals surface area (Å²) >= 11 is 1.78. The number of likely N-dealkylation sites (tertiary alicyclic amines) is 1. The largest absolute Gasteiger partial charge is 0.318 e. The van der Waals surface area contributed by atoms with E-state index in [0.717, 1.165) is 18.8 Å². The number of rotatable bonds is 4. The molecule has 15 heavy (non-hydrogen) atoms. The SMILES string of the molecule is CNCC1CCCN1Cc1nc(C)cs1. The number of thiazole rings is 1. The van der Waals surface area contributed by atoms with Crippen LogP contribution in [0.2, 0.25) is 0 Å². The second kappa shape index (κ2) is 5.05. The Kier molecular flexibility index (Phi) is 3.72. The molecular formula is C11H19N3S. The van der Waals surface area contributed by atoms with Crippen LogP contribution < -0.4 is 5.32 Å². The van der Waals surface area contributed by atoms with E-state index >= 15 is 0 Å². The van der Waals surface area contributed by atoms with Gasteiger partial charge >= 0.3 is 0 Å². The van der Waals surface area contributed by atoms with Gasteiger partial charge in [-0.05, 0) is 33.4 Å². The van der Waals surface area contributed by atoms with Crippen molar-refractivity contribution in [3.63, 3.8) is 0 Å². The standard InChI is InChI=1S/C11H19N3S/c1-9-8-15-11(13-9)7-14-5-3-4-10(14)6-12-2/h8,10,12H,3-7H2,1-2H3. The Morgan fingerprint density at radius 2 is 2.53 bits per heavy atom. The van der Waals surface area contributed by atoms with Crippen molar-refractivity contribution in [1.29, 1.82) is 0 Å². The van der Waals surface area contributed by atoms with E-state index in [0.29, 0.717) is 6.04 Å². The first-order valence-corrected chi connectivity index (χ1v) is 6.47. The number of aryl methyl sites for hydroxylation is 1. The van der Waals surface area contributed by atoms with E-state index in [1.807, 2.05) is 7.05 Å². The number of nitrogens with zero attached hydrogens (tertiary/aromatic N) is 2. The molecule has 0 spiro atoms. The zero-order valence-corrected chi connectivity index (χ0v) is 10.3. The molecule has 1 saturated heterocycles. The zero-order chi connectivity index (χ0) is 10.7. The maximum Gasteiger partial charge on any atom is 0.107 e. The third kappa shape index (κ3) is 2.77. The van der Waals surface area contributed by atoms with Gasteiger partial charge in [-0.3, -0.25) is 4.90 Å². The van der Waals surface area contributed by atoms with Gasteiger partial charge in [0, 0.05) is 23.7 Å². The van der Waals surface area contributed by atoms with Crippen molar-refractivity contribution in [3.8, 4) is 0 Å². The molecule has 1 aliphatic heterocycles. The van der Waals surface area contributed by atoms with Gasteiger partial charge in [0.2, 0.25) is 0 Å². The van der Waals surface area contributed by atoms with Gasteiger partial charge in [-0.2, -0.15) is 0 Å². The molecule has 0 aromatic carbocycles. The van der Waals surface area contributed by atoms with E-state index in [1.54, 1.807) is 11.3 Å². The first-order chi connectivity index (χ1) is 7.29. The van der Waals surface area contributed by atoms with E-state index in [2.05, 4.69) is 27.5 Å². The van der Waals surface area contributed by atoms with E-state index in [1.165, 1.54) is 24.4 Å². The smallest absolute Gasteiger partial charge is 0.107 e. The highest BCUT2D eigenvalue weighted by Gasteiger charge is 2.24. The van der Waals surface area contributed by atoms with Crippen LogP contribution in [0.4, 0.5) is 0 Å². The lowest BCUT2D eigenvalue weighted by Gasteiger charge is -2.22. The van der Waals surface area contributed by atoms with Crippen molar-refractivity contribution < 1.29 is 0 Å². The molecular weight excluding hydrogens is 206 g/mol. The van der Waals surface area contributed by atoms with Crippen molar-refractivity contribution in [1.82, 2.24) is 15.2 Å². The molecule has 1 aromatic rings. The van der Waals surface area contributed by atoms with Gasteiger partial charge in [0.05, 0.1) is 6.54 Å². The Morgan fingerprint density at radius 1 is 1.67 bits per heavy atom. The highest BCUT2D eigenvalue weighted by atomic mass is 32.1. The third-order valence-corrected chi connectivity index (χ3v) is 3.90. The second-order valence-corrected chi connectivity index (χ2v) is 5.15. The van der Waals surface area contributed by atoms with Gasteiger partial charge in [-0.25, -0.2) is 4.98 Å². The summed E-state index contributed by atoms with van der Waals surface area (Å²) in [5.74, 6) is 0. The average molecular weight is 225 g/mol. The molecule has 0 saturated carbocycles. The van der Waals surface area contributed by atoms with E-state index in [-0.39, 0.29) is 0 Å². The van der Waals surface area contributed by atoms with E-state index in [9.17, 15) is 0 Å². The molecule has 0 radical (unpaired) electrons. The Hall–Kier alpha value is -0.450. The molecule has 1 N–H and O–H groups in total. The van der Waals surface area contributed by atoms with Crippen LogP contribution in [0.5, 0.6) is 0 Å². The summed E-state index contributed by atoms with van der Waals surface area (Å²) in [5, 5.41) is 6.67. The molecule has 0 bridgehead atoms. The summed E-state index contributed by atoms with van der Waals surface area (Å²) < 4.78 is 0. The molecule has 2 rings (SSSR count). The highest BCUT2D eigenvalue weighted by Crippen LogP contribution is 2.20. The lowest BCUT2D eigenvalue weighted by atomic mass is 10.2. The first kappa shape index (κ1) is 11.0. The second-order valence-electron chi connectivity index (χ2n) is 4.21. The maximum atomic E-state index is 4.53. The van der Waals surface area contributed by atoms with Gasteiger partial charge in [0.1, 0.15) is 5.01 Å². The summed E-state index contributed by atoms with van der Waals surface area (Å²) in [6.07, 6.45) is 2.65. The van der Waals surface area contributed by atoms with Gasteiger partial charge < -0.3 is 5.32 Å². The Labute approximate surface area is 95.5 Å². The molecule has 1 unspecified atom stereocenters. The average Bonchev–Trinajstić information content (AvgIpc) is 2.78. The summed E-state index contributed by atoms with van der Waals surface area (Å²) in [7, 11) is 2.03. The van der Waals surface area contributed by atoms with Crippen molar-refractivity contribution in [2.24, 2.45) is 0 Å². The number of aromatic nitrogens is 1. The van der Waals surface area contributed by atoms with Crippen molar-refractivity contribution in [2.45, 2.75) is 32.4 Å². The predicted octanol–water partition coefficient (Wildman–Crippen LogP) is 1.64. The van der Waals surface area contributed by atoms with E-state index < -0.39 is 0 Å². The molecule has 0 aliphatic carbocycles. The molecule has 84 valence electrons. The number of likely N-dealkylation sites (N-methyl/N-ethyl adjacent to an activating group) is 1. The third-order valence-electron chi connectivity index (χ3n) is 2.94. The lowest BCUT2D eigenvalue weighted by Crippen LogP contribution is -2.36. The number of hydrogen-bond acceptors (Lipinski definition) is 4. The summed E-state index contributed by atoms with van der Waals surface area (Å²) in [4.78, 5) is 7.08.